The van der Waals surface area contributed by atoms with E-state index >= 15 is 0 Å². The summed E-state index contributed by atoms with van der Waals surface area (Å²) >= 11 is 0. The summed E-state index contributed by atoms with van der Waals surface area (Å²) in [5.74, 6) is 0.879. The highest BCUT2D eigenvalue weighted by Gasteiger charge is 2.30. The molecule has 0 saturated carbocycles. The second-order valence-electron chi connectivity index (χ2n) is 6.75. The molecule has 2 heterocycles. The number of aromatic nitrogens is 2. The first-order valence-electron chi connectivity index (χ1n) is 8.66. The zero-order chi connectivity index (χ0) is 18.7. The summed E-state index contributed by atoms with van der Waals surface area (Å²) in [6, 6.07) is 5.76. The van der Waals surface area contributed by atoms with Gasteiger partial charge in [0.15, 0.2) is 5.82 Å². The van der Waals surface area contributed by atoms with Crippen molar-refractivity contribution in [2.24, 2.45) is 0 Å². The minimum atomic E-state index is -0.489. The monoisotopic (exact) mass is 361 g/mol. The van der Waals surface area contributed by atoms with Gasteiger partial charge in [-0.2, -0.15) is 4.98 Å². The third kappa shape index (κ3) is 4.25. The van der Waals surface area contributed by atoms with E-state index in [1.807, 2.05) is 23.9 Å². The lowest BCUT2D eigenvalue weighted by Gasteiger charge is -2.37. The van der Waals surface area contributed by atoms with Crippen LogP contribution < -0.4 is 0 Å². The molecule has 0 radical (unpaired) electrons. The van der Waals surface area contributed by atoms with Gasteiger partial charge in [0.05, 0.1) is 6.54 Å². The van der Waals surface area contributed by atoms with Crippen LogP contribution in [0.5, 0.6) is 0 Å². The molecule has 140 valence electrons. The van der Waals surface area contributed by atoms with Gasteiger partial charge in [-0.15, -0.1) is 0 Å². The Hall–Kier alpha value is -2.32. The van der Waals surface area contributed by atoms with E-state index in [2.05, 4.69) is 15.0 Å². The third-order valence-corrected chi connectivity index (χ3v) is 4.53. The fourth-order valence-electron chi connectivity index (χ4n) is 3.24. The fourth-order valence-corrected chi connectivity index (χ4v) is 3.24. The molecule has 1 saturated heterocycles. The summed E-state index contributed by atoms with van der Waals surface area (Å²) in [7, 11) is 3.67. The number of benzene rings is 1. The lowest BCUT2D eigenvalue weighted by atomic mass is 10.0. The maximum Gasteiger partial charge on any atom is 0.244 e. The average Bonchev–Trinajstić information content (AvgIpc) is 3.00. The van der Waals surface area contributed by atoms with Crippen molar-refractivity contribution in [1.29, 1.82) is 0 Å². The van der Waals surface area contributed by atoms with Gasteiger partial charge in [-0.1, -0.05) is 17.3 Å². The topological polar surface area (TPSA) is 65.7 Å². The van der Waals surface area contributed by atoms with Crippen LogP contribution in [-0.4, -0.2) is 71.0 Å². The van der Waals surface area contributed by atoms with Gasteiger partial charge in [0.2, 0.25) is 11.8 Å². The summed E-state index contributed by atoms with van der Waals surface area (Å²) in [5, 5.41) is 3.91. The van der Waals surface area contributed by atoms with Gasteiger partial charge in [0.25, 0.3) is 0 Å². The van der Waals surface area contributed by atoms with Gasteiger partial charge < -0.3 is 9.42 Å². The Balaban J connectivity index is 1.62. The Labute approximate surface area is 152 Å². The van der Waals surface area contributed by atoms with Crippen LogP contribution in [0.2, 0.25) is 0 Å². The standard InChI is InChI=1S/C18H24FN5O2/c1-13-20-16(21-26-13)12-23-7-9-24(10-8-23)18(25)17(22(2)3)14-5-4-6-15(19)11-14/h4-6,11,17H,7-10,12H2,1-3H3/t17-/m1/s1. The molecule has 1 aliphatic heterocycles. The quantitative estimate of drug-likeness (QED) is 0.803. The maximum absolute atomic E-state index is 13.6. The highest BCUT2D eigenvalue weighted by atomic mass is 19.1. The molecule has 2 aromatic rings. The predicted octanol–water partition coefficient (Wildman–Crippen LogP) is 1.46. The van der Waals surface area contributed by atoms with Gasteiger partial charge in [-0.3, -0.25) is 14.6 Å². The first-order valence-corrected chi connectivity index (χ1v) is 8.66. The number of carbonyl (C=O) groups excluding carboxylic acids is 1. The number of nitrogens with zero attached hydrogens (tertiary/aromatic N) is 5. The molecule has 0 spiro atoms. The van der Waals surface area contributed by atoms with Gasteiger partial charge in [0, 0.05) is 33.1 Å². The van der Waals surface area contributed by atoms with Crippen LogP contribution in [0, 0.1) is 12.7 Å². The fraction of sp³-hybridized carbons (Fsp3) is 0.500. The van der Waals surface area contributed by atoms with Crippen LogP contribution in [0.25, 0.3) is 0 Å². The number of piperazine rings is 1. The molecule has 1 amide bonds. The number of carbonyl (C=O) groups is 1. The minimum absolute atomic E-state index is 0.00402. The van der Waals surface area contributed by atoms with E-state index in [1.165, 1.54) is 12.1 Å². The molecule has 8 heteroatoms. The van der Waals surface area contributed by atoms with E-state index in [0.717, 1.165) is 13.1 Å². The Morgan fingerprint density at radius 1 is 1.31 bits per heavy atom. The molecule has 0 bridgehead atoms. The lowest BCUT2D eigenvalue weighted by Crippen LogP contribution is -2.51. The van der Waals surface area contributed by atoms with Crippen LogP contribution in [0.4, 0.5) is 4.39 Å². The molecule has 1 aliphatic rings. The normalized spacial score (nSPS) is 16.9. The van der Waals surface area contributed by atoms with Crippen molar-refractivity contribution < 1.29 is 13.7 Å². The maximum atomic E-state index is 13.6. The highest BCUT2D eigenvalue weighted by Crippen LogP contribution is 2.22. The predicted molar refractivity (Wildman–Crippen MR) is 93.7 cm³/mol. The summed E-state index contributed by atoms with van der Waals surface area (Å²) in [4.78, 5) is 23.1. The van der Waals surface area contributed by atoms with Gasteiger partial charge in [0.1, 0.15) is 11.9 Å². The molecule has 1 atom stereocenters. The number of aryl methyl sites for hydroxylation is 1. The van der Waals surface area contributed by atoms with E-state index in [1.54, 1.807) is 19.1 Å². The van der Waals surface area contributed by atoms with Crippen LogP contribution in [0.15, 0.2) is 28.8 Å². The van der Waals surface area contributed by atoms with Crippen LogP contribution in [0.3, 0.4) is 0 Å². The molecular weight excluding hydrogens is 337 g/mol. The van der Waals surface area contributed by atoms with E-state index in [0.29, 0.717) is 36.9 Å². The molecule has 0 aliphatic carbocycles. The number of amides is 1. The first kappa shape index (κ1) is 18.5. The van der Waals surface area contributed by atoms with E-state index in [9.17, 15) is 9.18 Å². The molecule has 1 aromatic carbocycles. The highest BCUT2D eigenvalue weighted by molar-refractivity contribution is 5.83. The van der Waals surface area contributed by atoms with E-state index in [4.69, 9.17) is 4.52 Å². The summed E-state index contributed by atoms with van der Waals surface area (Å²) < 4.78 is 18.6. The average molecular weight is 361 g/mol. The Morgan fingerprint density at radius 3 is 2.62 bits per heavy atom. The molecule has 7 nitrogen and oxygen atoms in total. The second-order valence-corrected chi connectivity index (χ2v) is 6.75. The first-order chi connectivity index (χ1) is 12.4. The van der Waals surface area contributed by atoms with Crippen molar-refractivity contribution in [3.05, 3.63) is 47.4 Å². The summed E-state index contributed by atoms with van der Waals surface area (Å²) in [5.41, 5.74) is 0.671. The largest absolute Gasteiger partial charge is 0.340 e. The SMILES string of the molecule is Cc1nc(CN2CCN(C(=O)[C@@H](c3cccc(F)c3)N(C)C)CC2)no1. The summed E-state index contributed by atoms with van der Waals surface area (Å²) in [6.45, 7) is 5.09. The number of likely N-dealkylation sites (N-methyl/N-ethyl adjacent to an activating group) is 1. The van der Waals surface area contributed by atoms with Gasteiger partial charge in [-0.05, 0) is 31.8 Å². The molecule has 0 unspecified atom stereocenters. The minimum Gasteiger partial charge on any atom is -0.340 e. The number of hydrogen-bond acceptors (Lipinski definition) is 6. The smallest absolute Gasteiger partial charge is 0.244 e. The molecule has 26 heavy (non-hydrogen) atoms. The molecule has 1 fully saturated rings. The van der Waals surface area contributed by atoms with Crippen molar-refractivity contribution in [1.82, 2.24) is 24.8 Å². The number of hydrogen-bond donors (Lipinski definition) is 0. The lowest BCUT2D eigenvalue weighted by molar-refractivity contribution is -0.138. The van der Waals surface area contributed by atoms with Crippen molar-refractivity contribution >= 4 is 5.91 Å². The van der Waals surface area contributed by atoms with Gasteiger partial charge >= 0.3 is 0 Å². The van der Waals surface area contributed by atoms with Crippen LogP contribution >= 0.6 is 0 Å². The molecule has 1 aromatic heterocycles. The molecule has 0 N–H and O–H groups in total. The van der Waals surface area contributed by atoms with Crippen LogP contribution in [-0.2, 0) is 11.3 Å². The zero-order valence-corrected chi connectivity index (χ0v) is 15.4. The van der Waals surface area contributed by atoms with Crippen molar-refractivity contribution in [3.63, 3.8) is 0 Å². The Morgan fingerprint density at radius 2 is 2.04 bits per heavy atom. The Kier molecular flexibility index (Phi) is 5.63. The Bertz CT molecular complexity index is 756. The second kappa shape index (κ2) is 7.92. The van der Waals surface area contributed by atoms with Crippen molar-refractivity contribution in [3.8, 4) is 0 Å². The van der Waals surface area contributed by atoms with Crippen LogP contribution in [0.1, 0.15) is 23.3 Å². The third-order valence-electron chi connectivity index (χ3n) is 4.53. The van der Waals surface area contributed by atoms with E-state index in [-0.39, 0.29) is 11.7 Å². The van der Waals surface area contributed by atoms with Crippen molar-refractivity contribution in [2.45, 2.75) is 19.5 Å². The molecular formula is C18H24FN5O2. The molecule has 3 rings (SSSR count). The summed E-state index contributed by atoms with van der Waals surface area (Å²) in [6.07, 6.45) is 0. The number of halogens is 1. The zero-order valence-electron chi connectivity index (χ0n) is 15.4. The van der Waals surface area contributed by atoms with Gasteiger partial charge in [-0.25, -0.2) is 4.39 Å². The van der Waals surface area contributed by atoms with E-state index < -0.39 is 6.04 Å². The number of rotatable bonds is 5. The van der Waals surface area contributed by atoms with Crippen molar-refractivity contribution in [2.75, 3.05) is 40.3 Å².